The second kappa shape index (κ2) is 5.31. The van der Waals surface area contributed by atoms with Gasteiger partial charge in [0.25, 0.3) is 0 Å². The third kappa shape index (κ3) is 2.32. The fourth-order valence-electron chi connectivity index (χ4n) is 3.26. The molecule has 0 radical (unpaired) electrons. The molecule has 0 spiro atoms. The minimum absolute atomic E-state index is 0.0226. The molecule has 0 bridgehead atoms. The van der Waals surface area contributed by atoms with Crippen LogP contribution in [-0.2, 0) is 0 Å². The summed E-state index contributed by atoms with van der Waals surface area (Å²) in [5, 5.41) is 0. The SMILES string of the molecule is CN1CCC(C2CN(I)C(Cl)c3cc[nH]c32)CC1. The Balaban J connectivity index is 1.83. The number of piperidine rings is 1. The van der Waals surface area contributed by atoms with Crippen molar-refractivity contribution in [2.75, 3.05) is 26.7 Å². The van der Waals surface area contributed by atoms with Crippen molar-refractivity contribution in [2.24, 2.45) is 5.92 Å². The van der Waals surface area contributed by atoms with Crippen molar-refractivity contribution in [2.45, 2.75) is 24.3 Å². The van der Waals surface area contributed by atoms with Crippen LogP contribution in [0, 0.1) is 5.92 Å². The summed E-state index contributed by atoms with van der Waals surface area (Å²) in [4.78, 5) is 5.87. The summed E-state index contributed by atoms with van der Waals surface area (Å²) in [6.45, 7) is 3.52. The van der Waals surface area contributed by atoms with Gasteiger partial charge < -0.3 is 9.88 Å². The first-order valence-electron chi connectivity index (χ1n) is 6.59. The maximum absolute atomic E-state index is 6.46. The Morgan fingerprint density at radius 3 is 2.83 bits per heavy atom. The number of rotatable bonds is 1. The third-order valence-electron chi connectivity index (χ3n) is 4.39. The van der Waals surface area contributed by atoms with E-state index in [1.807, 2.05) is 6.20 Å². The van der Waals surface area contributed by atoms with Gasteiger partial charge >= 0.3 is 0 Å². The van der Waals surface area contributed by atoms with Crippen LogP contribution < -0.4 is 0 Å². The van der Waals surface area contributed by atoms with Crippen molar-refractivity contribution in [3.8, 4) is 0 Å². The molecule has 0 aliphatic carbocycles. The summed E-state index contributed by atoms with van der Waals surface area (Å²) in [6.07, 6.45) is 4.64. The molecule has 3 nitrogen and oxygen atoms in total. The quantitative estimate of drug-likeness (QED) is 0.350. The van der Waals surface area contributed by atoms with Gasteiger partial charge in [-0.05, 0) is 45.0 Å². The van der Waals surface area contributed by atoms with E-state index < -0.39 is 0 Å². The van der Waals surface area contributed by atoms with Crippen LogP contribution in [0.15, 0.2) is 12.3 Å². The van der Waals surface area contributed by atoms with Crippen LogP contribution in [0.3, 0.4) is 0 Å². The highest BCUT2D eigenvalue weighted by Crippen LogP contribution is 2.44. The van der Waals surface area contributed by atoms with Gasteiger partial charge in [0.05, 0.1) is 0 Å². The van der Waals surface area contributed by atoms with Crippen molar-refractivity contribution in [3.05, 3.63) is 23.5 Å². The van der Waals surface area contributed by atoms with Gasteiger partial charge in [-0.3, -0.25) is 0 Å². The lowest BCUT2D eigenvalue weighted by atomic mass is 9.80. The second-order valence-electron chi connectivity index (χ2n) is 5.51. The fraction of sp³-hybridized carbons (Fsp3) is 0.692. The number of alkyl halides is 1. The molecule has 18 heavy (non-hydrogen) atoms. The Kier molecular flexibility index (Phi) is 3.90. The molecule has 0 aromatic carbocycles. The van der Waals surface area contributed by atoms with E-state index in [1.165, 1.54) is 37.2 Å². The van der Waals surface area contributed by atoms with Gasteiger partial charge in [-0.2, -0.15) is 0 Å². The monoisotopic (exact) mass is 379 g/mol. The number of nitrogens with zero attached hydrogens (tertiary/aromatic N) is 2. The van der Waals surface area contributed by atoms with Crippen LogP contribution in [0.25, 0.3) is 0 Å². The number of hydrogen-bond donors (Lipinski definition) is 1. The molecule has 100 valence electrons. The zero-order valence-corrected chi connectivity index (χ0v) is 13.5. The van der Waals surface area contributed by atoms with Crippen LogP contribution in [0.5, 0.6) is 0 Å². The molecule has 2 aliphatic rings. The lowest BCUT2D eigenvalue weighted by Crippen LogP contribution is -2.38. The Bertz CT molecular complexity index is 414. The first-order valence-corrected chi connectivity index (χ1v) is 7.99. The van der Waals surface area contributed by atoms with E-state index in [0.717, 1.165) is 12.5 Å². The molecule has 1 fully saturated rings. The minimum Gasteiger partial charge on any atom is -0.364 e. The van der Waals surface area contributed by atoms with Crippen molar-refractivity contribution in [1.29, 1.82) is 0 Å². The Hall–Kier alpha value is 0.220. The van der Waals surface area contributed by atoms with Crippen LogP contribution in [-0.4, -0.2) is 39.7 Å². The number of aromatic nitrogens is 1. The van der Waals surface area contributed by atoms with Gasteiger partial charge in [-0.1, -0.05) is 11.6 Å². The molecule has 0 amide bonds. The lowest BCUT2D eigenvalue weighted by molar-refractivity contribution is 0.182. The molecule has 1 N–H and O–H groups in total. The maximum atomic E-state index is 6.46. The van der Waals surface area contributed by atoms with E-state index in [2.05, 4.69) is 49.0 Å². The number of fused-ring (bicyclic) bond motifs is 1. The van der Waals surface area contributed by atoms with Crippen LogP contribution in [0.2, 0.25) is 0 Å². The number of halogens is 2. The molecule has 2 aliphatic heterocycles. The zero-order valence-electron chi connectivity index (χ0n) is 10.6. The molecule has 1 aromatic rings. The molecular formula is C13H19ClIN3. The lowest BCUT2D eigenvalue weighted by Gasteiger charge is -2.39. The van der Waals surface area contributed by atoms with Crippen LogP contribution in [0.4, 0.5) is 0 Å². The normalized spacial score (nSPS) is 31.5. The van der Waals surface area contributed by atoms with E-state index in [9.17, 15) is 0 Å². The Morgan fingerprint density at radius 1 is 1.39 bits per heavy atom. The third-order valence-corrected chi connectivity index (χ3v) is 6.14. The number of H-pyrrole nitrogens is 1. The number of likely N-dealkylation sites (tertiary alicyclic amines) is 1. The smallest absolute Gasteiger partial charge is 0.121 e. The molecule has 0 saturated carbocycles. The van der Waals surface area contributed by atoms with Gasteiger partial charge in [0.15, 0.2) is 0 Å². The molecule has 3 rings (SSSR count). The summed E-state index contributed by atoms with van der Waals surface area (Å²) in [6, 6.07) is 2.14. The summed E-state index contributed by atoms with van der Waals surface area (Å²) >= 11 is 8.83. The molecule has 2 unspecified atom stereocenters. The first kappa shape index (κ1) is 13.2. The first-order chi connectivity index (χ1) is 8.66. The second-order valence-corrected chi connectivity index (χ2v) is 7.16. The topological polar surface area (TPSA) is 22.3 Å². The molecule has 1 aromatic heterocycles. The van der Waals surface area contributed by atoms with Gasteiger partial charge in [0.1, 0.15) is 5.50 Å². The van der Waals surface area contributed by atoms with Gasteiger partial charge in [0.2, 0.25) is 0 Å². The largest absolute Gasteiger partial charge is 0.364 e. The van der Waals surface area contributed by atoms with Crippen LogP contribution >= 0.6 is 34.5 Å². The van der Waals surface area contributed by atoms with Crippen molar-refractivity contribution in [3.63, 3.8) is 0 Å². The molecule has 3 heterocycles. The van der Waals surface area contributed by atoms with E-state index in [4.69, 9.17) is 11.6 Å². The highest BCUT2D eigenvalue weighted by atomic mass is 127. The number of nitrogens with one attached hydrogen (secondary N) is 1. The standard InChI is InChI=1S/C13H19ClIN3/c1-17-6-3-9(4-7-17)11-8-18(15)13(14)10-2-5-16-12(10)11/h2,5,9,11,13,16H,3-4,6-8H2,1H3. The summed E-state index contributed by atoms with van der Waals surface area (Å²) < 4.78 is 2.25. The van der Waals surface area contributed by atoms with Gasteiger partial charge in [-0.25, -0.2) is 3.11 Å². The predicted molar refractivity (Wildman–Crippen MR) is 83.1 cm³/mol. The van der Waals surface area contributed by atoms with E-state index in [0.29, 0.717) is 5.92 Å². The van der Waals surface area contributed by atoms with Gasteiger partial charge in [0, 0.05) is 52.8 Å². The maximum Gasteiger partial charge on any atom is 0.121 e. The number of hydrogen-bond acceptors (Lipinski definition) is 2. The predicted octanol–water partition coefficient (Wildman–Crippen LogP) is 3.34. The summed E-state index contributed by atoms with van der Waals surface area (Å²) in [5.41, 5.74) is 2.69. The zero-order chi connectivity index (χ0) is 12.7. The van der Waals surface area contributed by atoms with E-state index in [-0.39, 0.29) is 5.50 Å². The van der Waals surface area contributed by atoms with E-state index in [1.54, 1.807) is 0 Å². The number of aromatic amines is 1. The highest BCUT2D eigenvalue weighted by Gasteiger charge is 2.36. The highest BCUT2D eigenvalue weighted by molar-refractivity contribution is 14.1. The fourth-order valence-corrected chi connectivity index (χ4v) is 4.26. The van der Waals surface area contributed by atoms with Crippen molar-refractivity contribution >= 4 is 34.5 Å². The Labute approximate surface area is 127 Å². The molecule has 5 heteroatoms. The van der Waals surface area contributed by atoms with Crippen molar-refractivity contribution < 1.29 is 0 Å². The van der Waals surface area contributed by atoms with Crippen molar-refractivity contribution in [1.82, 2.24) is 13.0 Å². The minimum atomic E-state index is 0.0226. The average Bonchev–Trinajstić information content (AvgIpc) is 2.84. The molecule has 2 atom stereocenters. The molecular weight excluding hydrogens is 361 g/mol. The van der Waals surface area contributed by atoms with Crippen LogP contribution in [0.1, 0.15) is 35.5 Å². The molecule has 1 saturated heterocycles. The Morgan fingerprint density at radius 2 is 2.11 bits per heavy atom. The summed E-state index contributed by atoms with van der Waals surface area (Å²) in [5.74, 6) is 1.41. The van der Waals surface area contributed by atoms with Gasteiger partial charge in [-0.15, -0.1) is 0 Å². The van der Waals surface area contributed by atoms with E-state index >= 15 is 0 Å². The summed E-state index contributed by atoms with van der Waals surface area (Å²) in [7, 11) is 2.22. The average molecular weight is 380 g/mol.